The zero-order valence-corrected chi connectivity index (χ0v) is 21.0. The first-order chi connectivity index (χ1) is 16.4. The molecular formula is C24H37N5O6. The smallest absolute Gasteiger partial charge is 0.312 e. The molecule has 0 spiro atoms. The van der Waals surface area contributed by atoms with Crippen LogP contribution in [0.15, 0.2) is 24.3 Å². The van der Waals surface area contributed by atoms with Crippen molar-refractivity contribution >= 4 is 35.4 Å². The van der Waals surface area contributed by atoms with E-state index in [1.807, 2.05) is 0 Å². The van der Waals surface area contributed by atoms with Crippen LogP contribution in [-0.2, 0) is 30.5 Å². The first-order valence-electron chi connectivity index (χ1n) is 11.6. The fourth-order valence-corrected chi connectivity index (χ4v) is 3.04. The molecule has 0 aliphatic heterocycles. The number of amides is 5. The second kappa shape index (κ2) is 14.6. The van der Waals surface area contributed by atoms with Gasteiger partial charge in [0.2, 0.25) is 17.7 Å². The van der Waals surface area contributed by atoms with Gasteiger partial charge in [0.1, 0.15) is 18.7 Å². The molecule has 11 heteroatoms. The summed E-state index contributed by atoms with van der Waals surface area (Å²) in [6, 6.07) is 4.37. The molecule has 1 aromatic rings. The van der Waals surface area contributed by atoms with Crippen LogP contribution in [0.2, 0.25) is 0 Å². The molecule has 1 rings (SSSR count). The Bertz CT molecular complexity index is 885. The molecule has 2 atom stereocenters. The molecule has 2 unspecified atom stereocenters. The maximum Gasteiger partial charge on any atom is 0.312 e. The fourth-order valence-electron chi connectivity index (χ4n) is 3.04. The number of urea groups is 1. The summed E-state index contributed by atoms with van der Waals surface area (Å²) in [5.74, 6) is -2.02. The molecule has 5 amide bonds. The highest BCUT2D eigenvalue weighted by atomic mass is 16.5. The Hall–Kier alpha value is -3.63. The molecule has 6 N–H and O–H groups in total. The molecule has 0 saturated heterocycles. The van der Waals surface area contributed by atoms with Gasteiger partial charge in [0.15, 0.2) is 0 Å². The topological polar surface area (TPSA) is 169 Å². The predicted octanol–water partition coefficient (Wildman–Crippen LogP) is 1.42. The molecule has 0 heterocycles. The Kier molecular flexibility index (Phi) is 12.3. The van der Waals surface area contributed by atoms with Gasteiger partial charge in [0, 0.05) is 19.2 Å². The van der Waals surface area contributed by atoms with E-state index in [9.17, 15) is 24.0 Å². The summed E-state index contributed by atoms with van der Waals surface area (Å²) in [4.78, 5) is 59.8. The van der Waals surface area contributed by atoms with Crippen LogP contribution < -0.4 is 27.0 Å². The van der Waals surface area contributed by atoms with Crippen LogP contribution in [0.3, 0.4) is 0 Å². The molecule has 0 aliphatic rings. The third kappa shape index (κ3) is 11.4. The second-order valence-corrected chi connectivity index (χ2v) is 8.87. The van der Waals surface area contributed by atoms with Crippen molar-refractivity contribution in [1.82, 2.24) is 16.0 Å². The fraction of sp³-hybridized carbons (Fsp3) is 0.542. The number of nitrogens with one attached hydrogen (secondary N) is 4. The first-order valence-corrected chi connectivity index (χ1v) is 11.6. The number of ether oxygens (including phenoxy) is 1. The Morgan fingerprint density at radius 1 is 0.943 bits per heavy atom. The van der Waals surface area contributed by atoms with Crippen molar-refractivity contribution in [3.63, 3.8) is 0 Å². The number of hydrogen-bond acceptors (Lipinski definition) is 6. The lowest BCUT2D eigenvalue weighted by Crippen LogP contribution is -2.54. The van der Waals surface area contributed by atoms with Gasteiger partial charge < -0.3 is 31.7 Å². The maximum atomic E-state index is 13.0. The van der Waals surface area contributed by atoms with E-state index in [0.717, 1.165) is 5.56 Å². The van der Waals surface area contributed by atoms with Gasteiger partial charge >= 0.3 is 12.0 Å². The van der Waals surface area contributed by atoms with Crippen molar-refractivity contribution in [2.45, 2.75) is 66.2 Å². The third-order valence-corrected chi connectivity index (χ3v) is 4.98. The molecule has 0 aromatic heterocycles. The molecule has 0 fully saturated rings. The van der Waals surface area contributed by atoms with E-state index >= 15 is 0 Å². The molecule has 194 valence electrons. The van der Waals surface area contributed by atoms with Gasteiger partial charge in [-0.3, -0.25) is 19.2 Å². The number of carbonyl (C=O) groups is 5. The predicted molar refractivity (Wildman–Crippen MR) is 131 cm³/mol. The highest BCUT2D eigenvalue weighted by molar-refractivity contribution is 5.98. The number of primary amides is 1. The van der Waals surface area contributed by atoms with Gasteiger partial charge in [-0.15, -0.1) is 0 Å². The van der Waals surface area contributed by atoms with Crippen molar-refractivity contribution in [2.24, 2.45) is 17.6 Å². The highest BCUT2D eigenvalue weighted by Crippen LogP contribution is 2.13. The van der Waals surface area contributed by atoms with E-state index in [1.54, 1.807) is 52.0 Å². The zero-order chi connectivity index (χ0) is 26.5. The van der Waals surface area contributed by atoms with Gasteiger partial charge in [0.25, 0.3) is 0 Å². The number of esters is 1. The zero-order valence-electron chi connectivity index (χ0n) is 21.0. The van der Waals surface area contributed by atoms with E-state index in [0.29, 0.717) is 12.1 Å². The average Bonchev–Trinajstić information content (AvgIpc) is 2.77. The summed E-state index contributed by atoms with van der Waals surface area (Å²) in [7, 11) is 0. The van der Waals surface area contributed by atoms with Gasteiger partial charge in [-0.2, -0.15) is 0 Å². The largest absolute Gasteiger partial charge is 0.461 e. The summed E-state index contributed by atoms with van der Waals surface area (Å²) in [6.07, 6.45) is 0.611. The van der Waals surface area contributed by atoms with E-state index < -0.39 is 29.9 Å². The van der Waals surface area contributed by atoms with Crippen LogP contribution in [0.25, 0.3) is 0 Å². The molecule has 11 nitrogen and oxygen atoms in total. The maximum absolute atomic E-state index is 13.0. The summed E-state index contributed by atoms with van der Waals surface area (Å²) >= 11 is 0. The Morgan fingerprint density at radius 3 is 2.09 bits per heavy atom. The molecule has 35 heavy (non-hydrogen) atoms. The van der Waals surface area contributed by atoms with Crippen molar-refractivity contribution in [3.05, 3.63) is 29.8 Å². The minimum absolute atomic E-state index is 0.122. The molecule has 0 radical (unpaired) electrons. The summed E-state index contributed by atoms with van der Waals surface area (Å²) in [5, 5.41) is 10.5. The third-order valence-electron chi connectivity index (χ3n) is 4.98. The lowest BCUT2D eigenvalue weighted by molar-refractivity contribution is -0.148. The SMILES string of the molecule is CC(=O)NC(C(=O)NC(CCCNC(N)=O)C(=O)Nc1ccc(COC(=O)C(C)C)cc1)C(C)C. The van der Waals surface area contributed by atoms with Gasteiger partial charge in [-0.05, 0) is 36.5 Å². The van der Waals surface area contributed by atoms with Crippen LogP contribution in [-0.4, -0.2) is 48.4 Å². The van der Waals surface area contributed by atoms with Crippen LogP contribution in [0, 0.1) is 11.8 Å². The molecule has 0 aliphatic carbocycles. The lowest BCUT2D eigenvalue weighted by atomic mass is 10.0. The Balaban J connectivity index is 2.86. The lowest BCUT2D eigenvalue weighted by Gasteiger charge is -2.25. The summed E-state index contributed by atoms with van der Waals surface area (Å²) in [5.41, 5.74) is 6.32. The minimum atomic E-state index is -0.918. The molecule has 1 aromatic carbocycles. The van der Waals surface area contributed by atoms with Crippen molar-refractivity contribution in [1.29, 1.82) is 0 Å². The number of nitrogens with two attached hydrogens (primary N) is 1. The number of benzene rings is 1. The van der Waals surface area contributed by atoms with Gasteiger partial charge in [-0.25, -0.2) is 4.79 Å². The van der Waals surface area contributed by atoms with Gasteiger partial charge in [-0.1, -0.05) is 39.8 Å². The Morgan fingerprint density at radius 2 is 1.57 bits per heavy atom. The summed E-state index contributed by atoms with van der Waals surface area (Å²) < 4.78 is 5.19. The highest BCUT2D eigenvalue weighted by Gasteiger charge is 2.28. The Labute approximate surface area is 205 Å². The van der Waals surface area contributed by atoms with Gasteiger partial charge in [0.05, 0.1) is 5.92 Å². The van der Waals surface area contributed by atoms with Crippen LogP contribution in [0.4, 0.5) is 10.5 Å². The molecular weight excluding hydrogens is 454 g/mol. The standard InChI is InChI=1S/C24H37N5O6/c1-14(2)20(27-16(5)30)22(32)29-19(7-6-12-26-24(25)34)21(31)28-18-10-8-17(9-11-18)13-35-23(33)15(3)4/h8-11,14-15,19-20H,6-7,12-13H2,1-5H3,(H,27,30)(H,28,31)(H,29,32)(H3,25,26,34). The number of rotatable bonds is 13. The van der Waals surface area contributed by atoms with Crippen LogP contribution in [0.1, 0.15) is 53.0 Å². The minimum Gasteiger partial charge on any atom is -0.461 e. The van der Waals surface area contributed by atoms with E-state index in [1.165, 1.54) is 6.92 Å². The number of carbonyl (C=O) groups excluding carboxylic acids is 5. The number of anilines is 1. The van der Waals surface area contributed by atoms with E-state index in [2.05, 4.69) is 21.3 Å². The normalized spacial score (nSPS) is 12.4. The number of hydrogen-bond donors (Lipinski definition) is 5. The first kappa shape index (κ1) is 29.4. The average molecular weight is 492 g/mol. The van der Waals surface area contributed by atoms with Crippen molar-refractivity contribution in [2.75, 3.05) is 11.9 Å². The summed E-state index contributed by atoms with van der Waals surface area (Å²) in [6.45, 7) is 8.74. The molecule has 0 saturated carbocycles. The quantitative estimate of drug-likeness (QED) is 0.206. The van der Waals surface area contributed by atoms with E-state index in [4.69, 9.17) is 10.5 Å². The van der Waals surface area contributed by atoms with Crippen molar-refractivity contribution in [3.8, 4) is 0 Å². The van der Waals surface area contributed by atoms with Crippen LogP contribution in [0.5, 0.6) is 0 Å². The van der Waals surface area contributed by atoms with E-state index in [-0.39, 0.29) is 43.3 Å². The van der Waals surface area contributed by atoms with Crippen molar-refractivity contribution < 1.29 is 28.7 Å². The molecule has 0 bridgehead atoms. The second-order valence-electron chi connectivity index (χ2n) is 8.87. The van der Waals surface area contributed by atoms with Crippen LogP contribution >= 0.6 is 0 Å². The monoisotopic (exact) mass is 491 g/mol.